The maximum absolute atomic E-state index is 11.1. The summed E-state index contributed by atoms with van der Waals surface area (Å²) in [6.07, 6.45) is 3.33. The first-order valence-electron chi connectivity index (χ1n) is 6.58. The lowest BCUT2D eigenvalue weighted by atomic mass is 10.1. The summed E-state index contributed by atoms with van der Waals surface area (Å²) >= 11 is 1.47. The molecule has 0 saturated heterocycles. The SMILES string of the molecule is CC(=O)Nc1cccc(-c2csc(Nc3ncccn3)n2)c1. The van der Waals surface area contributed by atoms with Crippen molar-refractivity contribution < 1.29 is 4.79 Å². The lowest BCUT2D eigenvalue weighted by Crippen LogP contribution is -2.05. The minimum Gasteiger partial charge on any atom is -0.326 e. The van der Waals surface area contributed by atoms with Gasteiger partial charge < -0.3 is 10.6 Å². The standard InChI is InChI=1S/C15H13N5OS/c1-10(21)18-12-5-2-4-11(8-12)13-9-22-15(19-13)20-14-16-6-3-7-17-14/h2-9H,1H3,(H,18,21)(H,16,17,19,20). The molecule has 22 heavy (non-hydrogen) atoms. The Morgan fingerprint density at radius 1 is 1.18 bits per heavy atom. The summed E-state index contributed by atoms with van der Waals surface area (Å²) in [6, 6.07) is 9.32. The van der Waals surface area contributed by atoms with Gasteiger partial charge in [-0.05, 0) is 18.2 Å². The van der Waals surface area contributed by atoms with E-state index < -0.39 is 0 Å². The van der Waals surface area contributed by atoms with Crippen LogP contribution >= 0.6 is 11.3 Å². The normalized spacial score (nSPS) is 10.2. The van der Waals surface area contributed by atoms with E-state index in [2.05, 4.69) is 25.6 Å². The molecule has 6 nitrogen and oxygen atoms in total. The van der Waals surface area contributed by atoms with E-state index in [9.17, 15) is 4.79 Å². The molecule has 7 heteroatoms. The Balaban J connectivity index is 1.80. The zero-order valence-corrected chi connectivity index (χ0v) is 12.6. The maximum atomic E-state index is 11.1. The van der Waals surface area contributed by atoms with Crippen molar-refractivity contribution in [3.63, 3.8) is 0 Å². The van der Waals surface area contributed by atoms with Gasteiger partial charge in [0.25, 0.3) is 0 Å². The Bertz CT molecular complexity index is 787. The van der Waals surface area contributed by atoms with Gasteiger partial charge in [0.15, 0.2) is 5.13 Å². The van der Waals surface area contributed by atoms with Gasteiger partial charge in [0.2, 0.25) is 11.9 Å². The highest BCUT2D eigenvalue weighted by Crippen LogP contribution is 2.27. The van der Waals surface area contributed by atoms with Crippen LogP contribution in [0.15, 0.2) is 48.1 Å². The van der Waals surface area contributed by atoms with E-state index in [0.29, 0.717) is 11.1 Å². The number of hydrogen-bond acceptors (Lipinski definition) is 6. The van der Waals surface area contributed by atoms with Crippen molar-refractivity contribution in [3.05, 3.63) is 48.1 Å². The van der Waals surface area contributed by atoms with Crippen molar-refractivity contribution in [2.75, 3.05) is 10.6 Å². The van der Waals surface area contributed by atoms with Crippen LogP contribution in [0, 0.1) is 0 Å². The van der Waals surface area contributed by atoms with Crippen LogP contribution in [0.3, 0.4) is 0 Å². The fraction of sp³-hybridized carbons (Fsp3) is 0.0667. The van der Waals surface area contributed by atoms with Crippen LogP contribution in [0.25, 0.3) is 11.3 Å². The van der Waals surface area contributed by atoms with Gasteiger partial charge in [-0.3, -0.25) is 4.79 Å². The third-order valence-corrected chi connectivity index (χ3v) is 3.53. The number of aromatic nitrogens is 3. The number of anilines is 3. The van der Waals surface area contributed by atoms with E-state index in [1.807, 2.05) is 29.6 Å². The van der Waals surface area contributed by atoms with Gasteiger partial charge in [0, 0.05) is 35.9 Å². The second-order valence-electron chi connectivity index (χ2n) is 4.50. The van der Waals surface area contributed by atoms with Crippen LogP contribution in [-0.4, -0.2) is 20.9 Å². The van der Waals surface area contributed by atoms with Crippen LogP contribution in [0.5, 0.6) is 0 Å². The van der Waals surface area contributed by atoms with Crippen LogP contribution in [-0.2, 0) is 4.79 Å². The van der Waals surface area contributed by atoms with Crippen LogP contribution in [0.2, 0.25) is 0 Å². The first kappa shape index (κ1) is 14.2. The molecule has 0 bridgehead atoms. The maximum Gasteiger partial charge on any atom is 0.228 e. The van der Waals surface area contributed by atoms with Gasteiger partial charge in [-0.15, -0.1) is 11.3 Å². The summed E-state index contributed by atoms with van der Waals surface area (Å²) in [5, 5.41) is 8.48. The molecule has 2 heterocycles. The number of rotatable bonds is 4. The molecule has 0 spiro atoms. The molecular weight excluding hydrogens is 298 g/mol. The van der Waals surface area contributed by atoms with Gasteiger partial charge >= 0.3 is 0 Å². The molecule has 2 aromatic heterocycles. The van der Waals surface area contributed by atoms with Crippen molar-refractivity contribution >= 4 is 34.0 Å². The van der Waals surface area contributed by atoms with Gasteiger partial charge in [-0.2, -0.15) is 0 Å². The molecule has 0 atom stereocenters. The summed E-state index contributed by atoms with van der Waals surface area (Å²) in [7, 11) is 0. The molecule has 0 unspecified atom stereocenters. The molecule has 0 aliphatic heterocycles. The minimum atomic E-state index is -0.0981. The number of carbonyl (C=O) groups excluding carboxylic acids is 1. The number of hydrogen-bond donors (Lipinski definition) is 2. The quantitative estimate of drug-likeness (QED) is 0.773. The Labute approximate surface area is 131 Å². The van der Waals surface area contributed by atoms with E-state index in [1.165, 1.54) is 18.3 Å². The first-order valence-corrected chi connectivity index (χ1v) is 7.46. The smallest absolute Gasteiger partial charge is 0.228 e. The highest BCUT2D eigenvalue weighted by molar-refractivity contribution is 7.14. The third-order valence-electron chi connectivity index (χ3n) is 2.77. The van der Waals surface area contributed by atoms with E-state index in [4.69, 9.17) is 0 Å². The van der Waals surface area contributed by atoms with Gasteiger partial charge in [0.1, 0.15) is 0 Å². The molecular formula is C15H13N5OS. The second-order valence-corrected chi connectivity index (χ2v) is 5.36. The Morgan fingerprint density at radius 3 is 2.77 bits per heavy atom. The lowest BCUT2D eigenvalue weighted by molar-refractivity contribution is -0.114. The van der Waals surface area contributed by atoms with E-state index in [1.54, 1.807) is 18.5 Å². The van der Waals surface area contributed by atoms with Crippen molar-refractivity contribution in [1.82, 2.24) is 15.0 Å². The van der Waals surface area contributed by atoms with Crippen LogP contribution < -0.4 is 10.6 Å². The monoisotopic (exact) mass is 311 g/mol. The highest BCUT2D eigenvalue weighted by Gasteiger charge is 2.07. The largest absolute Gasteiger partial charge is 0.326 e. The first-order chi connectivity index (χ1) is 10.7. The van der Waals surface area contributed by atoms with E-state index in [-0.39, 0.29) is 5.91 Å². The van der Waals surface area contributed by atoms with Crippen LogP contribution in [0.4, 0.5) is 16.8 Å². The predicted octanol–water partition coefficient (Wildman–Crippen LogP) is 3.30. The highest BCUT2D eigenvalue weighted by atomic mass is 32.1. The molecule has 0 aliphatic carbocycles. The molecule has 1 amide bonds. The van der Waals surface area contributed by atoms with Crippen molar-refractivity contribution in [1.29, 1.82) is 0 Å². The molecule has 110 valence electrons. The fourth-order valence-electron chi connectivity index (χ4n) is 1.88. The van der Waals surface area contributed by atoms with E-state index in [0.717, 1.165) is 16.9 Å². The average Bonchev–Trinajstić information content (AvgIpc) is 2.96. The number of nitrogens with one attached hydrogen (secondary N) is 2. The van der Waals surface area contributed by atoms with Gasteiger partial charge in [-0.25, -0.2) is 15.0 Å². The number of nitrogens with zero attached hydrogens (tertiary/aromatic N) is 3. The molecule has 1 aromatic carbocycles. The Morgan fingerprint density at radius 2 is 2.00 bits per heavy atom. The summed E-state index contributed by atoms with van der Waals surface area (Å²) < 4.78 is 0. The summed E-state index contributed by atoms with van der Waals surface area (Å²) in [5.41, 5.74) is 2.51. The molecule has 0 saturated carbocycles. The predicted molar refractivity (Wildman–Crippen MR) is 87.2 cm³/mol. The van der Waals surface area contributed by atoms with Crippen LogP contribution in [0.1, 0.15) is 6.92 Å². The zero-order valence-electron chi connectivity index (χ0n) is 11.8. The lowest BCUT2D eigenvalue weighted by Gasteiger charge is -2.03. The van der Waals surface area contributed by atoms with Crippen molar-refractivity contribution in [2.24, 2.45) is 0 Å². The molecule has 0 fully saturated rings. The third kappa shape index (κ3) is 3.44. The topological polar surface area (TPSA) is 79.8 Å². The number of benzene rings is 1. The molecule has 3 aromatic rings. The molecule has 2 N–H and O–H groups in total. The summed E-state index contributed by atoms with van der Waals surface area (Å²) in [6.45, 7) is 1.48. The van der Waals surface area contributed by atoms with Crippen molar-refractivity contribution in [3.8, 4) is 11.3 Å². The Hall–Kier alpha value is -2.80. The summed E-state index contributed by atoms with van der Waals surface area (Å²) in [4.78, 5) is 23.8. The number of carbonyl (C=O) groups is 1. The fourth-order valence-corrected chi connectivity index (χ4v) is 2.60. The van der Waals surface area contributed by atoms with E-state index >= 15 is 0 Å². The van der Waals surface area contributed by atoms with Gasteiger partial charge in [0.05, 0.1) is 5.69 Å². The number of thiazole rings is 1. The molecule has 0 radical (unpaired) electrons. The van der Waals surface area contributed by atoms with Crippen molar-refractivity contribution in [2.45, 2.75) is 6.92 Å². The summed E-state index contributed by atoms with van der Waals surface area (Å²) in [5.74, 6) is 0.411. The number of amides is 1. The molecule has 0 aliphatic rings. The minimum absolute atomic E-state index is 0.0981. The zero-order chi connectivity index (χ0) is 15.4. The Kier molecular flexibility index (Phi) is 4.06. The molecule has 3 rings (SSSR count). The average molecular weight is 311 g/mol. The second kappa shape index (κ2) is 6.31. The van der Waals surface area contributed by atoms with Gasteiger partial charge in [-0.1, -0.05) is 12.1 Å².